The maximum Gasteiger partial charge on any atom is 0.244 e. The van der Waals surface area contributed by atoms with Crippen LogP contribution in [0, 0.1) is 5.92 Å². The molecule has 0 bridgehead atoms. The Morgan fingerprint density at radius 3 is 2.43 bits per heavy atom. The summed E-state index contributed by atoms with van der Waals surface area (Å²) in [4.78, 5) is 26.1. The molecule has 2 rings (SSSR count). The second-order valence-corrected chi connectivity index (χ2v) is 6.07. The molecule has 2 aliphatic rings. The molecule has 2 amide bonds. The lowest BCUT2D eigenvalue weighted by Crippen LogP contribution is -2.53. The molecule has 2 fully saturated rings. The molecular formula is C15H28ClN3O2. The van der Waals surface area contributed by atoms with Crippen molar-refractivity contribution in [3.8, 4) is 0 Å². The van der Waals surface area contributed by atoms with Gasteiger partial charge in [0.15, 0.2) is 0 Å². The highest BCUT2D eigenvalue weighted by Gasteiger charge is 2.24. The third-order valence-corrected chi connectivity index (χ3v) is 4.38. The highest BCUT2D eigenvalue weighted by molar-refractivity contribution is 5.87. The average Bonchev–Trinajstić information content (AvgIpc) is 2.48. The molecule has 2 N–H and O–H groups in total. The first-order valence-corrected chi connectivity index (χ1v) is 7.95. The summed E-state index contributed by atoms with van der Waals surface area (Å²) in [5.41, 5.74) is 0. The lowest BCUT2D eigenvalue weighted by molar-refractivity contribution is -0.136. The molecule has 6 heteroatoms. The van der Waals surface area contributed by atoms with E-state index < -0.39 is 6.04 Å². The Kier molecular flexibility index (Phi) is 8.04. The second kappa shape index (κ2) is 9.26. The molecule has 21 heavy (non-hydrogen) atoms. The summed E-state index contributed by atoms with van der Waals surface area (Å²) in [7, 11) is 0. The third-order valence-electron chi connectivity index (χ3n) is 4.38. The smallest absolute Gasteiger partial charge is 0.244 e. The summed E-state index contributed by atoms with van der Waals surface area (Å²) in [5, 5.41) is 6.10. The van der Waals surface area contributed by atoms with Gasteiger partial charge >= 0.3 is 0 Å². The molecular weight excluding hydrogens is 290 g/mol. The zero-order valence-corrected chi connectivity index (χ0v) is 13.7. The number of hydrogen-bond acceptors (Lipinski definition) is 3. The number of hydrogen-bond donors (Lipinski definition) is 2. The Bertz CT molecular complexity index is 340. The molecule has 5 nitrogen and oxygen atoms in total. The van der Waals surface area contributed by atoms with Gasteiger partial charge in [0.25, 0.3) is 0 Å². The molecule has 1 saturated carbocycles. The first-order chi connectivity index (χ1) is 9.66. The van der Waals surface area contributed by atoms with E-state index in [1.165, 1.54) is 19.3 Å². The minimum atomic E-state index is -0.399. The van der Waals surface area contributed by atoms with Gasteiger partial charge in [0.05, 0.1) is 0 Å². The van der Waals surface area contributed by atoms with E-state index in [4.69, 9.17) is 0 Å². The van der Waals surface area contributed by atoms with Crippen LogP contribution in [0.5, 0.6) is 0 Å². The SMILES string of the molecule is CC(NC(=O)CC1CCCCC1)C(=O)N1CCNCC1.Cl. The number of carbonyl (C=O) groups excluding carboxylic acids is 2. The van der Waals surface area contributed by atoms with Crippen LogP contribution in [0.15, 0.2) is 0 Å². The monoisotopic (exact) mass is 317 g/mol. The van der Waals surface area contributed by atoms with Crippen molar-refractivity contribution >= 4 is 24.2 Å². The number of rotatable bonds is 4. The van der Waals surface area contributed by atoms with Gasteiger partial charge in [-0.05, 0) is 25.7 Å². The lowest BCUT2D eigenvalue weighted by Gasteiger charge is -2.30. The topological polar surface area (TPSA) is 61.4 Å². The van der Waals surface area contributed by atoms with Crippen molar-refractivity contribution in [2.24, 2.45) is 5.92 Å². The van der Waals surface area contributed by atoms with Crippen molar-refractivity contribution in [1.29, 1.82) is 0 Å². The first kappa shape index (κ1) is 18.2. The molecule has 1 aliphatic heterocycles. The molecule has 1 heterocycles. The molecule has 0 aromatic carbocycles. The summed E-state index contributed by atoms with van der Waals surface area (Å²) in [6.45, 7) is 4.95. The van der Waals surface area contributed by atoms with Crippen molar-refractivity contribution in [3.63, 3.8) is 0 Å². The summed E-state index contributed by atoms with van der Waals surface area (Å²) in [5.74, 6) is 0.599. The van der Waals surface area contributed by atoms with Crippen molar-refractivity contribution in [2.45, 2.75) is 51.5 Å². The van der Waals surface area contributed by atoms with Crippen molar-refractivity contribution in [1.82, 2.24) is 15.5 Å². The van der Waals surface area contributed by atoms with Crippen LogP contribution in [0.1, 0.15) is 45.4 Å². The molecule has 0 radical (unpaired) electrons. The number of nitrogens with zero attached hydrogens (tertiary/aromatic N) is 1. The number of piperazine rings is 1. The van der Waals surface area contributed by atoms with Gasteiger partial charge in [-0.15, -0.1) is 12.4 Å². The van der Waals surface area contributed by atoms with E-state index in [-0.39, 0.29) is 24.2 Å². The summed E-state index contributed by atoms with van der Waals surface area (Å²) < 4.78 is 0. The van der Waals surface area contributed by atoms with E-state index in [0.29, 0.717) is 12.3 Å². The first-order valence-electron chi connectivity index (χ1n) is 7.95. The maximum atomic E-state index is 12.2. The normalized spacial score (nSPS) is 21.3. The summed E-state index contributed by atoms with van der Waals surface area (Å²) in [6.07, 6.45) is 6.69. The second-order valence-electron chi connectivity index (χ2n) is 6.07. The molecule has 0 aromatic rings. The largest absolute Gasteiger partial charge is 0.345 e. The lowest BCUT2D eigenvalue weighted by atomic mass is 9.87. The Hall–Kier alpha value is -0.810. The van der Waals surface area contributed by atoms with Gasteiger partial charge in [0, 0.05) is 32.6 Å². The van der Waals surface area contributed by atoms with E-state index in [2.05, 4.69) is 10.6 Å². The summed E-state index contributed by atoms with van der Waals surface area (Å²) in [6, 6.07) is -0.399. The molecule has 0 aromatic heterocycles. The van der Waals surface area contributed by atoms with Gasteiger partial charge < -0.3 is 15.5 Å². The predicted octanol–water partition coefficient (Wildman–Crippen LogP) is 1.32. The van der Waals surface area contributed by atoms with E-state index in [9.17, 15) is 9.59 Å². The van der Waals surface area contributed by atoms with E-state index >= 15 is 0 Å². The van der Waals surface area contributed by atoms with Crippen LogP contribution in [0.2, 0.25) is 0 Å². The van der Waals surface area contributed by atoms with Crippen LogP contribution >= 0.6 is 12.4 Å². The van der Waals surface area contributed by atoms with Crippen molar-refractivity contribution in [3.05, 3.63) is 0 Å². The summed E-state index contributed by atoms with van der Waals surface area (Å²) >= 11 is 0. The van der Waals surface area contributed by atoms with Crippen LogP contribution in [0.25, 0.3) is 0 Å². The van der Waals surface area contributed by atoms with Gasteiger partial charge in [0.1, 0.15) is 6.04 Å². The Morgan fingerprint density at radius 1 is 1.19 bits per heavy atom. The van der Waals surface area contributed by atoms with Crippen LogP contribution in [-0.4, -0.2) is 48.9 Å². The quantitative estimate of drug-likeness (QED) is 0.822. The molecule has 1 saturated heterocycles. The molecule has 122 valence electrons. The van der Waals surface area contributed by atoms with E-state index in [1.807, 2.05) is 4.90 Å². The zero-order valence-electron chi connectivity index (χ0n) is 12.9. The minimum Gasteiger partial charge on any atom is -0.345 e. The molecule has 1 atom stereocenters. The number of nitrogens with one attached hydrogen (secondary N) is 2. The fourth-order valence-corrected chi connectivity index (χ4v) is 3.17. The van der Waals surface area contributed by atoms with Crippen molar-refractivity contribution < 1.29 is 9.59 Å². The number of amides is 2. The maximum absolute atomic E-state index is 12.2. The van der Waals surface area contributed by atoms with Gasteiger partial charge in [-0.3, -0.25) is 9.59 Å². The Balaban J connectivity index is 0.00000220. The molecule has 0 spiro atoms. The fourth-order valence-electron chi connectivity index (χ4n) is 3.17. The molecule has 1 unspecified atom stereocenters. The van der Waals surface area contributed by atoms with E-state index in [1.54, 1.807) is 6.92 Å². The van der Waals surface area contributed by atoms with Crippen LogP contribution in [0.4, 0.5) is 0 Å². The highest BCUT2D eigenvalue weighted by Crippen LogP contribution is 2.26. The van der Waals surface area contributed by atoms with Crippen LogP contribution in [-0.2, 0) is 9.59 Å². The average molecular weight is 318 g/mol. The van der Waals surface area contributed by atoms with Gasteiger partial charge in [-0.2, -0.15) is 0 Å². The van der Waals surface area contributed by atoms with Gasteiger partial charge in [-0.1, -0.05) is 19.3 Å². The molecule has 1 aliphatic carbocycles. The standard InChI is InChI=1S/C15H27N3O2.ClH/c1-12(15(20)18-9-7-16-8-10-18)17-14(19)11-13-5-3-2-4-6-13;/h12-13,16H,2-11H2,1H3,(H,17,19);1H. The predicted molar refractivity (Wildman–Crippen MR) is 85.5 cm³/mol. The third kappa shape index (κ3) is 5.83. The Labute approximate surface area is 133 Å². The van der Waals surface area contributed by atoms with Crippen molar-refractivity contribution in [2.75, 3.05) is 26.2 Å². The fraction of sp³-hybridized carbons (Fsp3) is 0.867. The number of halogens is 1. The van der Waals surface area contributed by atoms with Gasteiger partial charge in [-0.25, -0.2) is 0 Å². The van der Waals surface area contributed by atoms with Gasteiger partial charge in [0.2, 0.25) is 11.8 Å². The zero-order chi connectivity index (χ0) is 14.4. The number of carbonyl (C=O) groups is 2. The van der Waals surface area contributed by atoms with Crippen LogP contribution < -0.4 is 10.6 Å². The Morgan fingerprint density at radius 2 is 1.81 bits per heavy atom. The highest BCUT2D eigenvalue weighted by atomic mass is 35.5. The van der Waals surface area contributed by atoms with E-state index in [0.717, 1.165) is 39.0 Å². The van der Waals surface area contributed by atoms with Crippen LogP contribution in [0.3, 0.4) is 0 Å². The minimum absolute atomic E-state index is 0.